The molecule has 0 unspecified atom stereocenters. The summed E-state index contributed by atoms with van der Waals surface area (Å²) in [5.74, 6) is -0.266. The molecule has 0 spiro atoms. The molecule has 0 heterocycles. The van der Waals surface area contributed by atoms with Crippen LogP contribution in [-0.4, -0.2) is 46.8 Å². The minimum atomic E-state index is -3.57. The SMILES string of the molecule is CCOC(=O)c1ccc(NC(=O)CCCN(c2ccc(OC)c(Cl)c2)S(C)(=O)=O)cc1. The van der Waals surface area contributed by atoms with E-state index in [1.54, 1.807) is 43.3 Å². The monoisotopic (exact) mass is 468 g/mol. The van der Waals surface area contributed by atoms with Crippen LogP contribution in [0.3, 0.4) is 0 Å². The molecular weight excluding hydrogens is 444 g/mol. The predicted octanol–water partition coefficient (Wildman–Crippen LogP) is 3.71. The van der Waals surface area contributed by atoms with Crippen LogP contribution in [0.1, 0.15) is 30.1 Å². The number of nitrogens with one attached hydrogen (secondary N) is 1. The number of benzene rings is 2. The molecule has 0 bridgehead atoms. The van der Waals surface area contributed by atoms with E-state index in [4.69, 9.17) is 21.1 Å². The smallest absolute Gasteiger partial charge is 0.338 e. The fraction of sp³-hybridized carbons (Fsp3) is 0.333. The summed E-state index contributed by atoms with van der Waals surface area (Å²) >= 11 is 6.11. The number of rotatable bonds is 10. The number of carbonyl (C=O) groups excluding carboxylic acids is 2. The highest BCUT2D eigenvalue weighted by Crippen LogP contribution is 2.30. The van der Waals surface area contributed by atoms with Gasteiger partial charge in [0.15, 0.2) is 0 Å². The largest absolute Gasteiger partial charge is 0.495 e. The summed E-state index contributed by atoms with van der Waals surface area (Å²) in [5, 5.41) is 3.01. The van der Waals surface area contributed by atoms with Gasteiger partial charge in [-0.05, 0) is 55.8 Å². The van der Waals surface area contributed by atoms with Crippen LogP contribution in [0.4, 0.5) is 11.4 Å². The minimum absolute atomic E-state index is 0.107. The molecule has 0 saturated carbocycles. The van der Waals surface area contributed by atoms with Gasteiger partial charge in [0.1, 0.15) is 5.75 Å². The lowest BCUT2D eigenvalue weighted by molar-refractivity contribution is -0.116. The molecule has 0 aliphatic heterocycles. The third-order valence-corrected chi connectivity index (χ3v) is 5.76. The standard InChI is InChI=1S/C21H25ClN2O6S/c1-4-30-21(26)15-7-9-16(10-8-15)23-20(25)6-5-13-24(31(3,27)28)17-11-12-19(29-2)18(22)14-17/h7-12,14H,4-6,13H2,1-3H3,(H,23,25). The molecule has 2 aromatic rings. The van der Waals surface area contributed by atoms with Crippen LogP contribution in [0.5, 0.6) is 5.75 Å². The average Bonchev–Trinajstić information content (AvgIpc) is 2.71. The molecule has 168 valence electrons. The summed E-state index contributed by atoms with van der Waals surface area (Å²) in [4.78, 5) is 23.9. The summed E-state index contributed by atoms with van der Waals surface area (Å²) in [5.41, 5.74) is 1.31. The summed E-state index contributed by atoms with van der Waals surface area (Å²) < 4.78 is 35.6. The fourth-order valence-corrected chi connectivity index (χ4v) is 4.02. The molecule has 0 atom stereocenters. The quantitative estimate of drug-likeness (QED) is 0.533. The fourth-order valence-electron chi connectivity index (χ4n) is 2.81. The van der Waals surface area contributed by atoms with E-state index >= 15 is 0 Å². The number of anilines is 2. The van der Waals surface area contributed by atoms with E-state index in [9.17, 15) is 18.0 Å². The van der Waals surface area contributed by atoms with Gasteiger partial charge in [-0.25, -0.2) is 13.2 Å². The van der Waals surface area contributed by atoms with E-state index < -0.39 is 16.0 Å². The van der Waals surface area contributed by atoms with Gasteiger partial charge in [0.25, 0.3) is 0 Å². The minimum Gasteiger partial charge on any atom is -0.495 e. The lowest BCUT2D eigenvalue weighted by Crippen LogP contribution is -2.31. The Hall–Kier alpha value is -2.78. The summed E-state index contributed by atoms with van der Waals surface area (Å²) in [6.07, 6.45) is 1.50. The van der Waals surface area contributed by atoms with Crippen molar-refractivity contribution in [2.75, 3.05) is 36.1 Å². The van der Waals surface area contributed by atoms with Crippen molar-refractivity contribution in [3.8, 4) is 5.75 Å². The molecule has 8 nitrogen and oxygen atoms in total. The second kappa shape index (κ2) is 11.0. The van der Waals surface area contributed by atoms with Gasteiger partial charge in [-0.1, -0.05) is 11.6 Å². The van der Waals surface area contributed by atoms with Crippen LogP contribution in [-0.2, 0) is 19.6 Å². The zero-order valence-corrected chi connectivity index (χ0v) is 19.1. The Labute approximate surface area is 187 Å². The molecule has 2 rings (SSSR count). The highest BCUT2D eigenvalue weighted by atomic mass is 35.5. The summed E-state index contributed by atoms with van der Waals surface area (Å²) in [6, 6.07) is 11.0. The number of amides is 1. The van der Waals surface area contributed by atoms with Crippen LogP contribution < -0.4 is 14.4 Å². The average molecular weight is 469 g/mol. The van der Waals surface area contributed by atoms with Gasteiger partial charge in [0, 0.05) is 18.7 Å². The Morgan fingerprint density at radius 1 is 1.13 bits per heavy atom. The first-order chi connectivity index (χ1) is 14.7. The Bertz CT molecular complexity index is 1020. The predicted molar refractivity (Wildman–Crippen MR) is 120 cm³/mol. The molecular formula is C21H25ClN2O6S. The number of carbonyl (C=O) groups is 2. The lowest BCUT2D eigenvalue weighted by atomic mass is 10.2. The Balaban J connectivity index is 1.95. The number of esters is 1. The van der Waals surface area contributed by atoms with Crippen LogP contribution in [0, 0.1) is 0 Å². The molecule has 1 N–H and O–H groups in total. The van der Waals surface area contributed by atoms with Gasteiger partial charge in [-0.2, -0.15) is 0 Å². The normalized spacial score (nSPS) is 11.0. The first-order valence-electron chi connectivity index (χ1n) is 9.54. The first-order valence-corrected chi connectivity index (χ1v) is 11.8. The number of sulfonamides is 1. The first kappa shape index (κ1) is 24.5. The third-order valence-electron chi connectivity index (χ3n) is 4.27. The molecule has 0 radical (unpaired) electrons. The molecule has 1 amide bonds. The number of ether oxygens (including phenoxy) is 2. The zero-order valence-electron chi connectivity index (χ0n) is 17.6. The lowest BCUT2D eigenvalue weighted by Gasteiger charge is -2.23. The molecule has 0 saturated heterocycles. The van der Waals surface area contributed by atoms with E-state index in [1.165, 1.54) is 17.5 Å². The number of halogens is 1. The Kier molecular flexibility index (Phi) is 8.70. The van der Waals surface area contributed by atoms with Crippen molar-refractivity contribution in [3.63, 3.8) is 0 Å². The highest BCUT2D eigenvalue weighted by molar-refractivity contribution is 7.92. The maximum absolute atomic E-state index is 12.2. The molecule has 10 heteroatoms. The third kappa shape index (κ3) is 7.15. The highest BCUT2D eigenvalue weighted by Gasteiger charge is 2.19. The molecule has 2 aromatic carbocycles. The number of methoxy groups -OCH3 is 1. The van der Waals surface area contributed by atoms with E-state index in [0.29, 0.717) is 29.1 Å². The molecule has 0 aliphatic rings. The molecule has 0 aromatic heterocycles. The van der Waals surface area contributed by atoms with Crippen molar-refractivity contribution in [1.29, 1.82) is 0 Å². The van der Waals surface area contributed by atoms with E-state index in [-0.39, 0.29) is 30.5 Å². The maximum atomic E-state index is 12.2. The van der Waals surface area contributed by atoms with Crippen LogP contribution in [0.2, 0.25) is 5.02 Å². The van der Waals surface area contributed by atoms with Crippen molar-refractivity contribution in [2.45, 2.75) is 19.8 Å². The van der Waals surface area contributed by atoms with Crippen molar-refractivity contribution in [2.24, 2.45) is 0 Å². The summed E-state index contributed by atoms with van der Waals surface area (Å²) in [6.45, 7) is 2.11. The van der Waals surface area contributed by atoms with Crippen molar-refractivity contribution in [1.82, 2.24) is 0 Å². The number of hydrogen-bond donors (Lipinski definition) is 1. The van der Waals surface area contributed by atoms with Crippen molar-refractivity contribution < 1.29 is 27.5 Å². The topological polar surface area (TPSA) is 102 Å². The van der Waals surface area contributed by atoms with Crippen LogP contribution >= 0.6 is 11.6 Å². The van der Waals surface area contributed by atoms with Gasteiger partial charge in [0.05, 0.1) is 36.2 Å². The van der Waals surface area contributed by atoms with Gasteiger partial charge >= 0.3 is 5.97 Å². The zero-order chi connectivity index (χ0) is 23.0. The van der Waals surface area contributed by atoms with E-state index in [1.807, 2.05) is 0 Å². The maximum Gasteiger partial charge on any atom is 0.338 e. The van der Waals surface area contributed by atoms with Crippen molar-refractivity contribution >= 4 is 44.9 Å². The van der Waals surface area contributed by atoms with E-state index in [2.05, 4.69) is 5.32 Å². The second-order valence-corrected chi connectivity index (χ2v) is 8.92. The Morgan fingerprint density at radius 3 is 2.35 bits per heavy atom. The number of nitrogens with zero attached hydrogens (tertiary/aromatic N) is 1. The van der Waals surface area contributed by atoms with Crippen LogP contribution in [0.15, 0.2) is 42.5 Å². The number of hydrogen-bond acceptors (Lipinski definition) is 6. The van der Waals surface area contributed by atoms with Gasteiger partial charge in [0.2, 0.25) is 15.9 Å². The van der Waals surface area contributed by atoms with Gasteiger partial charge in [-0.15, -0.1) is 0 Å². The molecule has 31 heavy (non-hydrogen) atoms. The second-order valence-electron chi connectivity index (χ2n) is 6.60. The van der Waals surface area contributed by atoms with Crippen molar-refractivity contribution in [3.05, 3.63) is 53.1 Å². The van der Waals surface area contributed by atoms with Gasteiger partial charge in [-0.3, -0.25) is 9.10 Å². The van der Waals surface area contributed by atoms with E-state index in [0.717, 1.165) is 6.26 Å². The molecule has 0 aliphatic carbocycles. The van der Waals surface area contributed by atoms with Gasteiger partial charge < -0.3 is 14.8 Å². The van der Waals surface area contributed by atoms with Crippen LogP contribution in [0.25, 0.3) is 0 Å². The molecule has 0 fully saturated rings. The summed E-state index contributed by atoms with van der Waals surface area (Å²) in [7, 11) is -2.10. The Morgan fingerprint density at radius 2 is 1.81 bits per heavy atom.